The van der Waals surface area contributed by atoms with E-state index in [1.54, 1.807) is 6.92 Å². The first-order valence-corrected chi connectivity index (χ1v) is 10.9. The van der Waals surface area contributed by atoms with Crippen molar-refractivity contribution < 1.29 is 31.3 Å². The Labute approximate surface area is 176 Å². The molecule has 0 saturated carbocycles. The number of sulfonamides is 1. The third-order valence-corrected chi connectivity index (χ3v) is 5.53. The van der Waals surface area contributed by atoms with Crippen LogP contribution in [-0.2, 0) is 27.5 Å². The highest BCUT2D eigenvalue weighted by molar-refractivity contribution is 7.92. The molecule has 2 aromatic rings. The summed E-state index contributed by atoms with van der Waals surface area (Å²) in [5.74, 6) is -0.753. The average molecular weight is 459 g/mol. The van der Waals surface area contributed by atoms with Crippen molar-refractivity contribution >= 4 is 27.3 Å². The van der Waals surface area contributed by atoms with E-state index in [0.717, 1.165) is 28.8 Å². The van der Waals surface area contributed by atoms with Gasteiger partial charge in [0.2, 0.25) is 15.9 Å². The maximum absolute atomic E-state index is 12.9. The lowest BCUT2D eigenvalue weighted by molar-refractivity contribution is -0.384. The predicted octanol–water partition coefficient (Wildman–Crippen LogP) is 3.47. The van der Waals surface area contributed by atoms with Crippen LogP contribution in [0.4, 0.5) is 24.5 Å². The minimum absolute atomic E-state index is 0.0180. The van der Waals surface area contributed by atoms with Crippen molar-refractivity contribution in [3.8, 4) is 0 Å². The van der Waals surface area contributed by atoms with Crippen LogP contribution in [0, 0.1) is 10.1 Å². The van der Waals surface area contributed by atoms with Gasteiger partial charge in [-0.25, -0.2) is 8.42 Å². The second-order valence-electron chi connectivity index (χ2n) is 6.68. The smallest absolute Gasteiger partial charge is 0.350 e. The summed E-state index contributed by atoms with van der Waals surface area (Å²) in [6.07, 6.45) is -3.67. The molecule has 31 heavy (non-hydrogen) atoms. The van der Waals surface area contributed by atoms with E-state index in [0.29, 0.717) is 0 Å². The highest BCUT2D eigenvalue weighted by Crippen LogP contribution is 2.30. The first-order valence-electron chi connectivity index (χ1n) is 9.02. The van der Waals surface area contributed by atoms with Gasteiger partial charge in [-0.3, -0.25) is 19.2 Å². The second-order valence-corrected chi connectivity index (χ2v) is 8.54. The number of hydrogen-bond donors (Lipinski definition) is 1. The highest BCUT2D eigenvalue weighted by atomic mass is 32.2. The Hall–Kier alpha value is -3.15. The molecule has 0 spiro atoms. The molecule has 1 atom stereocenters. The van der Waals surface area contributed by atoms with Crippen molar-refractivity contribution in [1.82, 2.24) is 5.32 Å². The predicted molar refractivity (Wildman–Crippen MR) is 108 cm³/mol. The molecule has 8 nitrogen and oxygen atoms in total. The van der Waals surface area contributed by atoms with E-state index < -0.39 is 38.6 Å². The molecule has 0 fully saturated rings. The van der Waals surface area contributed by atoms with E-state index in [9.17, 15) is 36.5 Å². The Morgan fingerprint density at radius 2 is 1.84 bits per heavy atom. The van der Waals surface area contributed by atoms with Crippen LogP contribution in [0.3, 0.4) is 0 Å². The van der Waals surface area contributed by atoms with Gasteiger partial charge in [0.1, 0.15) is 6.04 Å². The molecule has 2 aromatic carbocycles. The summed E-state index contributed by atoms with van der Waals surface area (Å²) in [5.41, 5.74) is -1.12. The van der Waals surface area contributed by atoms with Crippen LogP contribution in [-0.4, -0.2) is 31.5 Å². The molecule has 1 N–H and O–H groups in total. The molecule has 0 heterocycles. The van der Waals surface area contributed by atoms with Crippen molar-refractivity contribution in [1.29, 1.82) is 0 Å². The SMILES string of the molecule is CC[C@H](C(=O)NCc1cccc(C(F)(F)F)c1)N(c1cccc([N+](=O)[O-])c1)S(C)(=O)=O. The topological polar surface area (TPSA) is 110 Å². The fourth-order valence-corrected chi connectivity index (χ4v) is 4.17. The maximum atomic E-state index is 12.9. The summed E-state index contributed by atoms with van der Waals surface area (Å²) in [6.45, 7) is 1.29. The van der Waals surface area contributed by atoms with Gasteiger partial charge in [-0.1, -0.05) is 25.1 Å². The summed E-state index contributed by atoms with van der Waals surface area (Å²) in [6, 6.07) is 7.93. The first kappa shape index (κ1) is 24.1. The molecule has 0 radical (unpaired) electrons. The zero-order valence-electron chi connectivity index (χ0n) is 16.6. The van der Waals surface area contributed by atoms with Gasteiger partial charge in [0.25, 0.3) is 5.69 Å². The van der Waals surface area contributed by atoms with Crippen molar-refractivity contribution in [2.45, 2.75) is 32.1 Å². The molecule has 0 unspecified atom stereocenters. The molecule has 0 aromatic heterocycles. The Kier molecular flexibility index (Phi) is 7.26. The lowest BCUT2D eigenvalue weighted by atomic mass is 10.1. The van der Waals surface area contributed by atoms with Gasteiger partial charge in [-0.2, -0.15) is 13.2 Å². The maximum Gasteiger partial charge on any atom is 0.416 e. The monoisotopic (exact) mass is 459 g/mol. The Bertz CT molecular complexity index is 1070. The molecule has 0 aliphatic heterocycles. The molecule has 12 heteroatoms. The van der Waals surface area contributed by atoms with Crippen LogP contribution in [0.2, 0.25) is 0 Å². The second kappa shape index (κ2) is 9.33. The van der Waals surface area contributed by atoms with E-state index in [-0.39, 0.29) is 29.9 Å². The minimum Gasteiger partial charge on any atom is -0.350 e. The van der Waals surface area contributed by atoms with Gasteiger partial charge in [0, 0.05) is 18.7 Å². The van der Waals surface area contributed by atoms with Crippen molar-refractivity contribution in [2.75, 3.05) is 10.6 Å². The number of hydrogen-bond acceptors (Lipinski definition) is 5. The summed E-state index contributed by atoms with van der Waals surface area (Å²) in [5, 5.41) is 13.5. The Morgan fingerprint density at radius 3 is 2.39 bits per heavy atom. The molecule has 168 valence electrons. The summed E-state index contributed by atoms with van der Waals surface area (Å²) >= 11 is 0. The van der Waals surface area contributed by atoms with Crippen molar-refractivity contribution in [2.24, 2.45) is 0 Å². The number of benzene rings is 2. The number of carbonyl (C=O) groups excluding carboxylic acids is 1. The number of carbonyl (C=O) groups is 1. The number of non-ortho nitro benzene ring substituents is 1. The van der Waals surface area contributed by atoms with Crippen LogP contribution in [0.25, 0.3) is 0 Å². The van der Waals surface area contributed by atoms with Crippen molar-refractivity contribution in [3.05, 3.63) is 69.8 Å². The minimum atomic E-state index is -4.54. The number of nitro benzene ring substituents is 1. The molecule has 0 aliphatic carbocycles. The summed E-state index contributed by atoms with van der Waals surface area (Å²) < 4.78 is 64.1. The fraction of sp³-hybridized carbons (Fsp3) is 0.316. The van der Waals surface area contributed by atoms with Crippen LogP contribution in [0.15, 0.2) is 48.5 Å². The normalized spacial score (nSPS) is 12.8. The Morgan fingerprint density at radius 1 is 1.19 bits per heavy atom. The third-order valence-electron chi connectivity index (χ3n) is 4.35. The van der Waals surface area contributed by atoms with Gasteiger partial charge in [-0.05, 0) is 30.2 Å². The Balaban J connectivity index is 2.30. The lowest BCUT2D eigenvalue weighted by Crippen LogP contribution is -2.49. The number of nitrogens with zero attached hydrogens (tertiary/aromatic N) is 2. The largest absolute Gasteiger partial charge is 0.416 e. The highest BCUT2D eigenvalue weighted by Gasteiger charge is 2.33. The van der Waals surface area contributed by atoms with E-state index in [1.807, 2.05) is 0 Å². The zero-order valence-corrected chi connectivity index (χ0v) is 17.4. The number of anilines is 1. The molecule has 2 rings (SSSR count). The number of nitro groups is 1. The quantitative estimate of drug-likeness (QED) is 0.480. The van der Waals surface area contributed by atoms with E-state index >= 15 is 0 Å². The molecule has 0 bridgehead atoms. The molecular weight excluding hydrogens is 439 g/mol. The van der Waals surface area contributed by atoms with Gasteiger partial charge < -0.3 is 5.32 Å². The average Bonchev–Trinajstić information content (AvgIpc) is 2.68. The molecule has 1 amide bonds. The zero-order chi connectivity index (χ0) is 23.4. The number of nitrogens with one attached hydrogen (secondary N) is 1. The summed E-state index contributed by atoms with van der Waals surface area (Å²) in [7, 11) is -4.02. The van der Waals surface area contributed by atoms with Crippen molar-refractivity contribution in [3.63, 3.8) is 0 Å². The van der Waals surface area contributed by atoms with Gasteiger partial charge in [0.15, 0.2) is 0 Å². The number of halogens is 3. The van der Waals surface area contributed by atoms with E-state index in [4.69, 9.17) is 0 Å². The number of alkyl halides is 3. The summed E-state index contributed by atoms with van der Waals surface area (Å²) in [4.78, 5) is 23.1. The molecule has 0 aliphatic rings. The van der Waals surface area contributed by atoms with E-state index in [2.05, 4.69) is 5.32 Å². The number of amides is 1. The van der Waals surface area contributed by atoms with E-state index in [1.165, 1.54) is 30.3 Å². The van der Waals surface area contributed by atoms with Crippen LogP contribution in [0.5, 0.6) is 0 Å². The fourth-order valence-electron chi connectivity index (χ4n) is 2.97. The van der Waals surface area contributed by atoms with Gasteiger partial charge >= 0.3 is 6.18 Å². The standard InChI is InChI=1S/C19H20F3N3O5S/c1-3-17(18(26)23-12-13-6-4-7-14(10-13)19(20,21)22)24(31(2,29)30)15-8-5-9-16(11-15)25(27)28/h4-11,17H,3,12H2,1-2H3,(H,23,26)/t17-/m1/s1. The number of rotatable bonds is 8. The van der Waals surface area contributed by atoms with Gasteiger partial charge in [0.05, 0.1) is 22.4 Å². The molecule has 0 saturated heterocycles. The molecular formula is C19H20F3N3O5S. The van der Waals surface area contributed by atoms with Crippen LogP contribution < -0.4 is 9.62 Å². The lowest BCUT2D eigenvalue weighted by Gasteiger charge is -2.30. The third kappa shape index (κ3) is 6.17. The van der Waals surface area contributed by atoms with Crippen LogP contribution in [0.1, 0.15) is 24.5 Å². The van der Waals surface area contributed by atoms with Crippen LogP contribution >= 0.6 is 0 Å². The first-order chi connectivity index (χ1) is 14.3. The van der Waals surface area contributed by atoms with Gasteiger partial charge in [-0.15, -0.1) is 0 Å².